The Labute approximate surface area is 117 Å². The number of hydrogen-bond acceptors (Lipinski definition) is 3. The first kappa shape index (κ1) is 13.9. The second kappa shape index (κ2) is 6.56. The number of aryl methyl sites for hydroxylation is 1. The SMILES string of the molecule is CCOc1ccc(/C=C/C(=O)Nc2ccn(C)n2)cc1. The first-order chi connectivity index (χ1) is 9.67. The lowest BCUT2D eigenvalue weighted by molar-refractivity contribution is -0.111. The van der Waals surface area contributed by atoms with Gasteiger partial charge in [-0.05, 0) is 30.7 Å². The van der Waals surface area contributed by atoms with Crippen LogP contribution in [0.4, 0.5) is 5.82 Å². The van der Waals surface area contributed by atoms with E-state index in [-0.39, 0.29) is 5.91 Å². The predicted octanol–water partition coefficient (Wildman–Crippen LogP) is 2.47. The molecule has 2 rings (SSSR count). The highest BCUT2D eigenvalue weighted by molar-refractivity contribution is 6.01. The fourth-order valence-corrected chi connectivity index (χ4v) is 1.66. The van der Waals surface area contributed by atoms with Crippen molar-refractivity contribution in [2.24, 2.45) is 7.05 Å². The standard InChI is InChI=1S/C15H17N3O2/c1-3-20-13-7-4-12(5-8-13)6-9-15(19)16-14-10-11-18(2)17-14/h4-11H,3H2,1-2H3,(H,16,17,19)/b9-6+. The van der Waals surface area contributed by atoms with Gasteiger partial charge in [-0.15, -0.1) is 0 Å². The predicted molar refractivity (Wildman–Crippen MR) is 78.5 cm³/mol. The first-order valence-corrected chi connectivity index (χ1v) is 6.39. The molecule has 5 nitrogen and oxygen atoms in total. The lowest BCUT2D eigenvalue weighted by Gasteiger charge is -2.02. The molecule has 0 radical (unpaired) electrons. The van der Waals surface area contributed by atoms with E-state index < -0.39 is 0 Å². The number of ether oxygens (including phenoxy) is 1. The number of benzene rings is 1. The zero-order valence-electron chi connectivity index (χ0n) is 11.5. The maximum absolute atomic E-state index is 11.7. The molecule has 104 valence electrons. The molecule has 0 spiro atoms. The van der Waals surface area contributed by atoms with Crippen LogP contribution < -0.4 is 10.1 Å². The summed E-state index contributed by atoms with van der Waals surface area (Å²) in [4.78, 5) is 11.7. The minimum Gasteiger partial charge on any atom is -0.494 e. The fraction of sp³-hybridized carbons (Fsp3) is 0.200. The van der Waals surface area contributed by atoms with Gasteiger partial charge in [0.1, 0.15) is 5.75 Å². The Hall–Kier alpha value is -2.56. The molecule has 0 aliphatic rings. The number of carbonyl (C=O) groups excluding carboxylic acids is 1. The second-order valence-electron chi connectivity index (χ2n) is 4.20. The Kier molecular flexibility index (Phi) is 4.55. The minimum absolute atomic E-state index is 0.211. The number of amides is 1. The van der Waals surface area contributed by atoms with Crippen LogP contribution in [0.1, 0.15) is 12.5 Å². The van der Waals surface area contributed by atoms with Gasteiger partial charge in [0.05, 0.1) is 6.61 Å². The first-order valence-electron chi connectivity index (χ1n) is 6.39. The minimum atomic E-state index is -0.211. The van der Waals surface area contributed by atoms with Gasteiger partial charge < -0.3 is 10.1 Å². The molecule has 1 N–H and O–H groups in total. The van der Waals surface area contributed by atoms with E-state index in [1.54, 1.807) is 30.1 Å². The maximum Gasteiger partial charge on any atom is 0.249 e. The molecule has 2 aromatic rings. The summed E-state index contributed by atoms with van der Waals surface area (Å²) in [6, 6.07) is 9.29. The summed E-state index contributed by atoms with van der Waals surface area (Å²) in [7, 11) is 1.80. The number of nitrogens with zero attached hydrogens (tertiary/aromatic N) is 2. The van der Waals surface area contributed by atoms with Gasteiger partial charge in [0, 0.05) is 25.4 Å². The maximum atomic E-state index is 11.7. The van der Waals surface area contributed by atoms with Crippen molar-refractivity contribution in [3.63, 3.8) is 0 Å². The molecule has 0 saturated heterocycles. The van der Waals surface area contributed by atoms with Crippen LogP contribution in [-0.4, -0.2) is 22.3 Å². The number of carbonyl (C=O) groups is 1. The van der Waals surface area contributed by atoms with Crippen molar-refractivity contribution in [2.45, 2.75) is 6.92 Å². The number of nitrogens with one attached hydrogen (secondary N) is 1. The normalized spacial score (nSPS) is 10.7. The van der Waals surface area contributed by atoms with E-state index in [1.165, 1.54) is 6.08 Å². The van der Waals surface area contributed by atoms with Gasteiger partial charge in [0.2, 0.25) is 5.91 Å². The summed E-state index contributed by atoms with van der Waals surface area (Å²) in [5, 5.41) is 6.75. The largest absolute Gasteiger partial charge is 0.494 e. The third kappa shape index (κ3) is 3.98. The topological polar surface area (TPSA) is 56.1 Å². The molecular formula is C15H17N3O2. The van der Waals surface area contributed by atoms with E-state index in [1.807, 2.05) is 31.2 Å². The molecule has 0 unspecified atom stereocenters. The van der Waals surface area contributed by atoms with Gasteiger partial charge >= 0.3 is 0 Å². The number of anilines is 1. The van der Waals surface area contributed by atoms with E-state index in [4.69, 9.17) is 4.74 Å². The Morgan fingerprint density at radius 2 is 2.10 bits per heavy atom. The van der Waals surface area contributed by atoms with Crippen molar-refractivity contribution in [2.75, 3.05) is 11.9 Å². The van der Waals surface area contributed by atoms with E-state index in [9.17, 15) is 4.79 Å². The van der Waals surface area contributed by atoms with Gasteiger partial charge in [0.15, 0.2) is 5.82 Å². The zero-order chi connectivity index (χ0) is 14.4. The monoisotopic (exact) mass is 271 g/mol. The molecule has 0 fully saturated rings. The molecule has 0 aliphatic carbocycles. The van der Waals surface area contributed by atoms with Crippen molar-refractivity contribution < 1.29 is 9.53 Å². The summed E-state index contributed by atoms with van der Waals surface area (Å²) in [6.07, 6.45) is 4.99. The Morgan fingerprint density at radius 3 is 2.70 bits per heavy atom. The van der Waals surface area contributed by atoms with Gasteiger partial charge in [-0.2, -0.15) is 5.10 Å². The Bertz CT molecular complexity index is 600. The summed E-state index contributed by atoms with van der Waals surface area (Å²) < 4.78 is 6.98. The quantitative estimate of drug-likeness (QED) is 0.850. The van der Waals surface area contributed by atoms with Crippen molar-refractivity contribution in [1.29, 1.82) is 0 Å². The second-order valence-corrected chi connectivity index (χ2v) is 4.20. The lowest BCUT2D eigenvalue weighted by Crippen LogP contribution is -2.08. The molecule has 1 aromatic carbocycles. The molecule has 1 aromatic heterocycles. The van der Waals surface area contributed by atoms with Crippen LogP contribution >= 0.6 is 0 Å². The van der Waals surface area contributed by atoms with Gasteiger partial charge in [-0.25, -0.2) is 0 Å². The molecular weight excluding hydrogens is 254 g/mol. The van der Waals surface area contributed by atoms with Gasteiger partial charge in [-0.3, -0.25) is 9.48 Å². The van der Waals surface area contributed by atoms with Crippen molar-refractivity contribution in [3.8, 4) is 5.75 Å². The van der Waals surface area contributed by atoms with E-state index in [0.717, 1.165) is 11.3 Å². The Morgan fingerprint density at radius 1 is 1.35 bits per heavy atom. The molecule has 0 saturated carbocycles. The average Bonchev–Trinajstić information content (AvgIpc) is 2.84. The molecule has 1 amide bonds. The van der Waals surface area contributed by atoms with Crippen LogP contribution in [0.5, 0.6) is 5.75 Å². The number of rotatable bonds is 5. The highest BCUT2D eigenvalue weighted by atomic mass is 16.5. The third-order valence-electron chi connectivity index (χ3n) is 2.58. The molecule has 20 heavy (non-hydrogen) atoms. The molecule has 0 aliphatic heterocycles. The van der Waals surface area contributed by atoms with Crippen LogP contribution in [0.15, 0.2) is 42.6 Å². The summed E-state index contributed by atoms with van der Waals surface area (Å²) in [5.41, 5.74) is 0.935. The lowest BCUT2D eigenvalue weighted by atomic mass is 10.2. The summed E-state index contributed by atoms with van der Waals surface area (Å²) in [6.45, 7) is 2.58. The highest BCUT2D eigenvalue weighted by Gasteiger charge is 2.00. The fourth-order valence-electron chi connectivity index (χ4n) is 1.66. The number of hydrogen-bond donors (Lipinski definition) is 1. The third-order valence-corrected chi connectivity index (χ3v) is 2.58. The molecule has 0 bridgehead atoms. The van der Waals surface area contributed by atoms with Crippen LogP contribution in [0.3, 0.4) is 0 Å². The molecule has 0 atom stereocenters. The summed E-state index contributed by atoms with van der Waals surface area (Å²) in [5.74, 6) is 1.15. The van der Waals surface area contributed by atoms with Crippen LogP contribution in [0, 0.1) is 0 Å². The van der Waals surface area contributed by atoms with E-state index in [2.05, 4.69) is 10.4 Å². The number of aromatic nitrogens is 2. The van der Waals surface area contributed by atoms with Gasteiger partial charge in [-0.1, -0.05) is 12.1 Å². The summed E-state index contributed by atoms with van der Waals surface area (Å²) >= 11 is 0. The van der Waals surface area contributed by atoms with Crippen molar-refractivity contribution >= 4 is 17.8 Å². The van der Waals surface area contributed by atoms with Crippen molar-refractivity contribution in [3.05, 3.63) is 48.2 Å². The average molecular weight is 271 g/mol. The van der Waals surface area contributed by atoms with E-state index >= 15 is 0 Å². The van der Waals surface area contributed by atoms with Crippen LogP contribution in [-0.2, 0) is 11.8 Å². The van der Waals surface area contributed by atoms with Crippen molar-refractivity contribution in [1.82, 2.24) is 9.78 Å². The van der Waals surface area contributed by atoms with Crippen LogP contribution in [0.25, 0.3) is 6.08 Å². The zero-order valence-corrected chi connectivity index (χ0v) is 11.5. The Balaban J connectivity index is 1.93. The molecule has 1 heterocycles. The van der Waals surface area contributed by atoms with E-state index in [0.29, 0.717) is 12.4 Å². The van der Waals surface area contributed by atoms with Crippen LogP contribution in [0.2, 0.25) is 0 Å². The smallest absolute Gasteiger partial charge is 0.249 e. The highest BCUT2D eigenvalue weighted by Crippen LogP contribution is 2.13. The van der Waals surface area contributed by atoms with Gasteiger partial charge in [0.25, 0.3) is 0 Å². The molecule has 5 heteroatoms.